The molecule has 0 radical (unpaired) electrons. The molecule has 7 heteroatoms. The van der Waals surface area contributed by atoms with E-state index in [-0.39, 0.29) is 12.6 Å². The third-order valence-electron chi connectivity index (χ3n) is 5.39. The Morgan fingerprint density at radius 1 is 1.12 bits per heavy atom. The first-order valence-corrected chi connectivity index (χ1v) is 11.0. The Bertz CT molecular complexity index is 1070. The minimum Gasteiger partial charge on any atom is -0.497 e. The predicted molar refractivity (Wildman–Crippen MR) is 125 cm³/mol. The molecule has 0 unspecified atom stereocenters. The second-order valence-electron chi connectivity index (χ2n) is 7.60. The van der Waals surface area contributed by atoms with Gasteiger partial charge in [0.15, 0.2) is 5.60 Å². The molecule has 3 rings (SSSR count). The number of nitrogens with zero attached hydrogens (tertiary/aromatic N) is 2. The van der Waals surface area contributed by atoms with Gasteiger partial charge < -0.3 is 14.2 Å². The summed E-state index contributed by atoms with van der Waals surface area (Å²) in [6.45, 7) is 6.41. The molecule has 1 aromatic heterocycles. The molecule has 3 aromatic rings. The minimum atomic E-state index is -1.03. The number of halogens is 1. The Morgan fingerprint density at radius 2 is 1.91 bits per heavy atom. The van der Waals surface area contributed by atoms with Gasteiger partial charge in [0, 0.05) is 10.6 Å². The van der Waals surface area contributed by atoms with E-state index < -0.39 is 5.60 Å². The van der Waals surface area contributed by atoms with Gasteiger partial charge in [-0.3, -0.25) is 4.68 Å². The summed E-state index contributed by atoms with van der Waals surface area (Å²) >= 11 is 6.39. The first-order chi connectivity index (χ1) is 15.4. The molecular weight excluding hydrogens is 428 g/mol. The Labute approximate surface area is 194 Å². The van der Waals surface area contributed by atoms with E-state index in [9.17, 15) is 4.79 Å². The van der Waals surface area contributed by atoms with Gasteiger partial charge in [-0.15, -0.1) is 0 Å². The van der Waals surface area contributed by atoms with Crippen molar-refractivity contribution in [3.8, 4) is 17.0 Å². The van der Waals surface area contributed by atoms with Gasteiger partial charge in [0.1, 0.15) is 5.75 Å². The van der Waals surface area contributed by atoms with Crippen LogP contribution >= 0.6 is 11.6 Å². The quantitative estimate of drug-likeness (QED) is 0.376. The summed E-state index contributed by atoms with van der Waals surface area (Å²) < 4.78 is 18.5. The van der Waals surface area contributed by atoms with E-state index in [1.54, 1.807) is 21.0 Å². The summed E-state index contributed by atoms with van der Waals surface area (Å²) in [5, 5.41) is 5.44. The molecule has 1 atom stereocenters. The largest absolute Gasteiger partial charge is 0.497 e. The van der Waals surface area contributed by atoms with E-state index in [1.807, 2.05) is 66.2 Å². The molecule has 0 aliphatic heterocycles. The number of carbonyl (C=O) groups is 1. The fourth-order valence-electron chi connectivity index (χ4n) is 3.29. The number of hydrogen-bond donors (Lipinski definition) is 0. The summed E-state index contributed by atoms with van der Waals surface area (Å²) in [6, 6.07) is 17.4. The van der Waals surface area contributed by atoms with Crippen molar-refractivity contribution >= 4 is 17.6 Å². The maximum absolute atomic E-state index is 12.4. The molecule has 2 aromatic carbocycles. The van der Waals surface area contributed by atoms with E-state index in [1.165, 1.54) is 0 Å². The maximum Gasteiger partial charge on any atom is 0.338 e. The number of rotatable bonds is 10. The normalized spacial score (nSPS) is 12.9. The smallest absolute Gasteiger partial charge is 0.338 e. The van der Waals surface area contributed by atoms with Crippen molar-refractivity contribution in [3.05, 3.63) is 70.9 Å². The third-order valence-corrected chi connectivity index (χ3v) is 5.76. The van der Waals surface area contributed by atoms with E-state index in [0.29, 0.717) is 30.3 Å². The molecule has 0 spiro atoms. The van der Waals surface area contributed by atoms with Gasteiger partial charge in [-0.25, -0.2) is 4.79 Å². The van der Waals surface area contributed by atoms with Gasteiger partial charge >= 0.3 is 5.97 Å². The van der Waals surface area contributed by atoms with Crippen molar-refractivity contribution in [2.45, 2.75) is 45.9 Å². The topological polar surface area (TPSA) is 62.6 Å². The Balaban J connectivity index is 1.93. The molecule has 0 aliphatic carbocycles. The molecular formula is C25H29ClN2O4. The van der Waals surface area contributed by atoms with Crippen LogP contribution in [0.1, 0.15) is 38.4 Å². The molecule has 0 bridgehead atoms. The number of hydrogen-bond acceptors (Lipinski definition) is 5. The lowest BCUT2D eigenvalue weighted by Gasteiger charge is -2.25. The number of benzene rings is 2. The number of esters is 1. The molecule has 1 heterocycles. The highest BCUT2D eigenvalue weighted by molar-refractivity contribution is 6.31. The number of carbonyl (C=O) groups excluding carboxylic acids is 1. The summed E-state index contributed by atoms with van der Waals surface area (Å²) in [7, 11) is 1.64. The molecule has 0 aliphatic rings. The fourth-order valence-corrected chi connectivity index (χ4v) is 3.48. The van der Waals surface area contributed by atoms with Crippen LogP contribution in [-0.4, -0.2) is 35.1 Å². The second kappa shape index (κ2) is 10.7. The van der Waals surface area contributed by atoms with Crippen LogP contribution in [0.5, 0.6) is 5.75 Å². The Morgan fingerprint density at radius 3 is 2.59 bits per heavy atom. The zero-order chi connectivity index (χ0) is 23.1. The zero-order valence-corrected chi connectivity index (χ0v) is 19.7. The molecule has 32 heavy (non-hydrogen) atoms. The predicted octanol–water partition coefficient (Wildman–Crippen LogP) is 5.51. The van der Waals surface area contributed by atoms with Crippen molar-refractivity contribution in [2.24, 2.45) is 0 Å². The summed E-state index contributed by atoms with van der Waals surface area (Å²) in [4.78, 5) is 12.4. The monoisotopic (exact) mass is 456 g/mol. The molecule has 0 fully saturated rings. The molecule has 170 valence electrons. The highest BCUT2D eigenvalue weighted by Crippen LogP contribution is 2.28. The molecule has 0 amide bonds. The Kier molecular flexibility index (Phi) is 7.94. The average Bonchev–Trinajstić information content (AvgIpc) is 3.22. The molecule has 6 nitrogen and oxygen atoms in total. The minimum absolute atomic E-state index is 0.176. The standard InChI is InChI=1S/C25H29ClN2O4/c1-5-25(3,24(29)31-6-2)32-17-20-15-23(18-11-9-12-21(14-18)30-4)28(27-20)16-19-10-7-8-13-22(19)26/h7-15H,5-6,16-17H2,1-4H3/t25-/m1/s1. The number of aromatic nitrogens is 2. The van der Waals surface area contributed by atoms with Gasteiger partial charge in [0.25, 0.3) is 0 Å². The van der Waals surface area contributed by atoms with Crippen LogP contribution in [0.3, 0.4) is 0 Å². The summed E-state index contributed by atoms with van der Waals surface area (Å²) in [6.07, 6.45) is 0.495. The second-order valence-corrected chi connectivity index (χ2v) is 8.00. The SMILES string of the molecule is CCOC(=O)[C@@](C)(CC)OCc1cc(-c2cccc(OC)c2)n(Cc2ccccc2Cl)n1. The average molecular weight is 457 g/mol. The maximum atomic E-state index is 12.4. The number of ether oxygens (including phenoxy) is 3. The van der Waals surface area contributed by atoms with Crippen LogP contribution in [-0.2, 0) is 27.4 Å². The molecule has 0 N–H and O–H groups in total. The molecule has 0 saturated heterocycles. The fraction of sp³-hybridized carbons (Fsp3) is 0.360. The van der Waals surface area contributed by atoms with Crippen molar-refractivity contribution in [1.29, 1.82) is 0 Å². The van der Waals surface area contributed by atoms with Gasteiger partial charge in [-0.05, 0) is 50.1 Å². The van der Waals surface area contributed by atoms with E-state index >= 15 is 0 Å². The van der Waals surface area contributed by atoms with Crippen molar-refractivity contribution in [2.75, 3.05) is 13.7 Å². The lowest BCUT2D eigenvalue weighted by Crippen LogP contribution is -2.39. The highest BCUT2D eigenvalue weighted by Gasteiger charge is 2.34. The summed E-state index contributed by atoms with van der Waals surface area (Å²) in [5.74, 6) is 0.387. The van der Waals surface area contributed by atoms with Crippen molar-refractivity contribution in [1.82, 2.24) is 9.78 Å². The van der Waals surface area contributed by atoms with Crippen LogP contribution in [0.4, 0.5) is 0 Å². The number of methoxy groups -OCH3 is 1. The third kappa shape index (κ3) is 5.50. The first kappa shape index (κ1) is 23.8. The van der Waals surface area contributed by atoms with E-state index in [4.69, 9.17) is 30.9 Å². The van der Waals surface area contributed by atoms with Crippen LogP contribution < -0.4 is 4.74 Å². The van der Waals surface area contributed by atoms with E-state index in [0.717, 1.165) is 22.6 Å². The van der Waals surface area contributed by atoms with Gasteiger partial charge in [0.2, 0.25) is 0 Å². The van der Waals surface area contributed by atoms with Gasteiger partial charge in [-0.2, -0.15) is 5.10 Å². The van der Waals surface area contributed by atoms with Crippen molar-refractivity contribution < 1.29 is 19.0 Å². The van der Waals surface area contributed by atoms with Gasteiger partial charge in [-0.1, -0.05) is 48.9 Å². The lowest BCUT2D eigenvalue weighted by atomic mass is 10.0. The van der Waals surface area contributed by atoms with Crippen LogP contribution in [0.2, 0.25) is 5.02 Å². The van der Waals surface area contributed by atoms with Crippen LogP contribution in [0.25, 0.3) is 11.3 Å². The first-order valence-electron chi connectivity index (χ1n) is 10.7. The summed E-state index contributed by atoms with van der Waals surface area (Å²) in [5.41, 5.74) is 2.49. The van der Waals surface area contributed by atoms with Crippen LogP contribution in [0.15, 0.2) is 54.6 Å². The lowest BCUT2D eigenvalue weighted by molar-refractivity contribution is -0.172. The van der Waals surface area contributed by atoms with Crippen LogP contribution in [0, 0.1) is 0 Å². The Hall–Kier alpha value is -2.83. The zero-order valence-electron chi connectivity index (χ0n) is 18.9. The van der Waals surface area contributed by atoms with Crippen molar-refractivity contribution in [3.63, 3.8) is 0 Å². The van der Waals surface area contributed by atoms with Gasteiger partial charge in [0.05, 0.1) is 38.3 Å². The van der Waals surface area contributed by atoms with E-state index in [2.05, 4.69) is 0 Å². The highest BCUT2D eigenvalue weighted by atomic mass is 35.5. The molecule has 0 saturated carbocycles.